The summed E-state index contributed by atoms with van der Waals surface area (Å²) >= 11 is 0. The van der Waals surface area contributed by atoms with Crippen LogP contribution in [0.4, 0.5) is 4.39 Å². The van der Waals surface area contributed by atoms with Crippen LogP contribution in [0.5, 0.6) is 0 Å². The van der Waals surface area contributed by atoms with Crippen LogP contribution < -0.4 is 5.32 Å². The Hall–Kier alpha value is -1.42. The van der Waals surface area contributed by atoms with Gasteiger partial charge in [0.15, 0.2) is 0 Å². The number of amides is 1. The fourth-order valence-corrected chi connectivity index (χ4v) is 3.36. The number of benzene rings is 1. The summed E-state index contributed by atoms with van der Waals surface area (Å²) in [6, 6.07) is 7.18. The number of carbonyl (C=O) groups is 1. The molecule has 0 saturated heterocycles. The summed E-state index contributed by atoms with van der Waals surface area (Å²) in [7, 11) is 2.15. The van der Waals surface area contributed by atoms with Gasteiger partial charge in [-0.3, -0.25) is 4.79 Å². The molecule has 128 valence electrons. The van der Waals surface area contributed by atoms with Crippen LogP contribution in [0.15, 0.2) is 24.3 Å². The Bertz CT molecular complexity index is 500. The van der Waals surface area contributed by atoms with Crippen LogP contribution in [0, 0.1) is 5.82 Å². The summed E-state index contributed by atoms with van der Waals surface area (Å²) in [6.07, 6.45) is 6.97. The molecule has 4 heteroatoms. The third-order valence-electron chi connectivity index (χ3n) is 4.89. The predicted octanol–water partition coefficient (Wildman–Crippen LogP) is 3.70. The molecule has 1 aromatic carbocycles. The topological polar surface area (TPSA) is 32.3 Å². The summed E-state index contributed by atoms with van der Waals surface area (Å²) in [6.45, 7) is 3.54. The molecule has 1 fully saturated rings. The van der Waals surface area contributed by atoms with E-state index in [4.69, 9.17) is 0 Å². The molecule has 0 radical (unpaired) electrons. The summed E-state index contributed by atoms with van der Waals surface area (Å²) in [5, 5.41) is 2.99. The third-order valence-corrected chi connectivity index (χ3v) is 4.89. The number of rotatable bonds is 7. The molecule has 0 spiro atoms. The van der Waals surface area contributed by atoms with E-state index in [0.29, 0.717) is 19.0 Å². The van der Waals surface area contributed by atoms with E-state index in [0.717, 1.165) is 12.1 Å². The van der Waals surface area contributed by atoms with Crippen LogP contribution in [-0.4, -0.2) is 37.0 Å². The molecule has 1 unspecified atom stereocenters. The normalized spacial score (nSPS) is 17.2. The van der Waals surface area contributed by atoms with Gasteiger partial charge in [0.2, 0.25) is 5.91 Å². The zero-order valence-corrected chi connectivity index (χ0v) is 14.4. The Morgan fingerprint density at radius 3 is 2.78 bits per heavy atom. The van der Waals surface area contributed by atoms with Gasteiger partial charge in [-0.25, -0.2) is 4.39 Å². The van der Waals surface area contributed by atoms with Gasteiger partial charge in [-0.1, -0.05) is 38.3 Å². The molecular formula is C19H29FN2O. The Labute approximate surface area is 139 Å². The van der Waals surface area contributed by atoms with Crippen LogP contribution in [0.3, 0.4) is 0 Å². The first kappa shape index (κ1) is 17.9. The van der Waals surface area contributed by atoms with Crippen LogP contribution in [0.25, 0.3) is 0 Å². The molecule has 1 amide bonds. The number of halogens is 1. The van der Waals surface area contributed by atoms with E-state index in [1.54, 1.807) is 6.07 Å². The van der Waals surface area contributed by atoms with Crippen molar-refractivity contribution in [2.75, 3.05) is 20.1 Å². The SMILES string of the molecule is CC(CC(=O)NCCN(C)C1CCCCC1)c1cccc(F)c1. The smallest absolute Gasteiger partial charge is 0.220 e. The number of likely N-dealkylation sites (N-methyl/N-ethyl adjacent to an activating group) is 1. The first-order valence-electron chi connectivity index (χ1n) is 8.78. The highest BCUT2D eigenvalue weighted by Gasteiger charge is 2.18. The summed E-state index contributed by atoms with van der Waals surface area (Å²) in [5.41, 5.74) is 0.875. The van der Waals surface area contributed by atoms with Crippen molar-refractivity contribution in [2.45, 2.75) is 57.4 Å². The van der Waals surface area contributed by atoms with Gasteiger partial charge in [0.25, 0.3) is 0 Å². The Morgan fingerprint density at radius 1 is 1.35 bits per heavy atom. The van der Waals surface area contributed by atoms with Gasteiger partial charge in [0.05, 0.1) is 0 Å². The van der Waals surface area contributed by atoms with Crippen LogP contribution >= 0.6 is 0 Å². The fraction of sp³-hybridized carbons (Fsp3) is 0.632. The van der Waals surface area contributed by atoms with Crippen molar-refractivity contribution >= 4 is 5.91 Å². The molecule has 3 nitrogen and oxygen atoms in total. The van der Waals surface area contributed by atoms with Crippen molar-refractivity contribution in [2.24, 2.45) is 0 Å². The Kier molecular flexibility index (Phi) is 7.03. The van der Waals surface area contributed by atoms with E-state index in [1.165, 1.54) is 44.2 Å². The molecule has 0 bridgehead atoms. The second kappa shape index (κ2) is 9.02. The largest absolute Gasteiger partial charge is 0.355 e. The molecule has 2 rings (SSSR count). The lowest BCUT2D eigenvalue weighted by molar-refractivity contribution is -0.121. The average Bonchev–Trinajstić information content (AvgIpc) is 2.55. The van der Waals surface area contributed by atoms with Crippen molar-refractivity contribution in [3.05, 3.63) is 35.6 Å². The first-order valence-corrected chi connectivity index (χ1v) is 8.78. The molecule has 1 saturated carbocycles. The third kappa shape index (κ3) is 5.94. The zero-order valence-electron chi connectivity index (χ0n) is 14.4. The first-order chi connectivity index (χ1) is 11.1. The van der Waals surface area contributed by atoms with Crippen molar-refractivity contribution in [3.63, 3.8) is 0 Å². The van der Waals surface area contributed by atoms with Gasteiger partial charge < -0.3 is 10.2 Å². The molecule has 23 heavy (non-hydrogen) atoms. The zero-order chi connectivity index (χ0) is 16.7. The van der Waals surface area contributed by atoms with Gasteiger partial charge in [0.1, 0.15) is 5.82 Å². The predicted molar refractivity (Wildman–Crippen MR) is 91.9 cm³/mol. The number of hydrogen-bond acceptors (Lipinski definition) is 2. The molecule has 1 aromatic rings. The molecule has 1 aliphatic carbocycles. The highest BCUT2D eigenvalue weighted by molar-refractivity contribution is 5.76. The molecule has 1 atom stereocenters. The van der Waals surface area contributed by atoms with Gasteiger partial charge in [-0.15, -0.1) is 0 Å². The Balaban J connectivity index is 1.68. The monoisotopic (exact) mass is 320 g/mol. The van der Waals surface area contributed by atoms with Crippen molar-refractivity contribution < 1.29 is 9.18 Å². The minimum atomic E-state index is -0.246. The van der Waals surface area contributed by atoms with Crippen LogP contribution in [0.1, 0.15) is 56.9 Å². The molecule has 1 N–H and O–H groups in total. The highest BCUT2D eigenvalue weighted by atomic mass is 19.1. The van der Waals surface area contributed by atoms with E-state index in [2.05, 4.69) is 17.3 Å². The van der Waals surface area contributed by atoms with E-state index in [1.807, 2.05) is 13.0 Å². The van der Waals surface area contributed by atoms with E-state index < -0.39 is 0 Å². The minimum absolute atomic E-state index is 0.0294. The van der Waals surface area contributed by atoms with Gasteiger partial charge in [0, 0.05) is 25.6 Å². The van der Waals surface area contributed by atoms with Crippen LogP contribution in [0.2, 0.25) is 0 Å². The summed E-state index contributed by atoms with van der Waals surface area (Å²) in [4.78, 5) is 14.4. The molecular weight excluding hydrogens is 291 g/mol. The van der Waals surface area contributed by atoms with Crippen LogP contribution in [-0.2, 0) is 4.79 Å². The molecule has 0 heterocycles. The Morgan fingerprint density at radius 2 is 2.09 bits per heavy atom. The number of carbonyl (C=O) groups excluding carboxylic acids is 1. The number of nitrogens with zero attached hydrogens (tertiary/aromatic N) is 1. The summed E-state index contributed by atoms with van der Waals surface area (Å²) in [5.74, 6) is -0.176. The lowest BCUT2D eigenvalue weighted by Crippen LogP contribution is -2.39. The van der Waals surface area contributed by atoms with Crippen molar-refractivity contribution in [3.8, 4) is 0 Å². The quantitative estimate of drug-likeness (QED) is 0.831. The van der Waals surface area contributed by atoms with Gasteiger partial charge in [-0.05, 0) is 43.5 Å². The maximum Gasteiger partial charge on any atom is 0.220 e. The lowest BCUT2D eigenvalue weighted by Gasteiger charge is -2.31. The molecule has 0 aromatic heterocycles. The van der Waals surface area contributed by atoms with Crippen molar-refractivity contribution in [1.82, 2.24) is 10.2 Å². The van der Waals surface area contributed by atoms with E-state index in [9.17, 15) is 9.18 Å². The summed E-state index contributed by atoms with van der Waals surface area (Å²) < 4.78 is 13.2. The van der Waals surface area contributed by atoms with Crippen molar-refractivity contribution in [1.29, 1.82) is 0 Å². The second-order valence-electron chi connectivity index (χ2n) is 6.78. The van der Waals surface area contributed by atoms with Gasteiger partial charge in [-0.2, -0.15) is 0 Å². The highest BCUT2D eigenvalue weighted by Crippen LogP contribution is 2.21. The number of nitrogens with one attached hydrogen (secondary N) is 1. The van der Waals surface area contributed by atoms with Gasteiger partial charge >= 0.3 is 0 Å². The minimum Gasteiger partial charge on any atom is -0.355 e. The van der Waals surface area contributed by atoms with E-state index >= 15 is 0 Å². The van der Waals surface area contributed by atoms with E-state index in [-0.39, 0.29) is 17.6 Å². The standard InChI is InChI=1S/C19H29FN2O/c1-15(16-7-6-8-17(20)14-16)13-19(23)21-11-12-22(2)18-9-4-3-5-10-18/h6-8,14-15,18H,3-5,9-13H2,1-2H3,(H,21,23). The average molecular weight is 320 g/mol. The fourth-order valence-electron chi connectivity index (χ4n) is 3.36. The maximum absolute atomic E-state index is 13.2. The maximum atomic E-state index is 13.2. The molecule has 0 aliphatic heterocycles. The lowest BCUT2D eigenvalue weighted by atomic mass is 9.94. The molecule has 1 aliphatic rings. The number of hydrogen-bond donors (Lipinski definition) is 1. The second-order valence-corrected chi connectivity index (χ2v) is 6.78.